The minimum Gasteiger partial charge on any atom is -0.480 e. The summed E-state index contributed by atoms with van der Waals surface area (Å²) in [5.74, 6) is 0.136. The van der Waals surface area contributed by atoms with Crippen LogP contribution in [0.5, 0.6) is 5.88 Å². The fourth-order valence-electron chi connectivity index (χ4n) is 1.82. The Balaban J connectivity index is 2.50. The smallest absolute Gasteiger partial charge is 0.416 e. The Morgan fingerprint density at radius 2 is 1.80 bits per heavy atom. The Bertz CT molecular complexity index is 621. The molecular weight excluding hydrogens is 271 g/mol. The molecule has 0 fully saturated rings. The third-order valence-electron chi connectivity index (χ3n) is 2.79. The van der Waals surface area contributed by atoms with Crippen LogP contribution in [0.3, 0.4) is 0 Å². The molecular formula is C14H10F3NO2. The SMILES string of the molecule is COc1nccc(-c2ccc(C(F)(F)F)cc2)c1C=O. The van der Waals surface area contributed by atoms with Crippen LogP contribution in [0.2, 0.25) is 0 Å². The fraction of sp³-hybridized carbons (Fsp3) is 0.143. The maximum Gasteiger partial charge on any atom is 0.416 e. The summed E-state index contributed by atoms with van der Waals surface area (Å²) in [6.07, 6.45) is -2.39. The standard InChI is InChI=1S/C14H10F3NO2/c1-20-13-12(8-19)11(6-7-18-13)9-2-4-10(5-3-9)14(15,16)17/h2-8H,1H3. The molecule has 0 N–H and O–H groups in total. The second-order valence-corrected chi connectivity index (χ2v) is 3.97. The number of methoxy groups -OCH3 is 1. The van der Waals surface area contributed by atoms with Crippen LogP contribution in [-0.4, -0.2) is 18.4 Å². The van der Waals surface area contributed by atoms with Gasteiger partial charge in [-0.15, -0.1) is 0 Å². The van der Waals surface area contributed by atoms with E-state index in [4.69, 9.17) is 4.74 Å². The number of hydrogen-bond acceptors (Lipinski definition) is 3. The molecule has 0 bridgehead atoms. The molecule has 6 heteroatoms. The minimum absolute atomic E-state index is 0.136. The first-order valence-corrected chi connectivity index (χ1v) is 5.63. The second kappa shape index (κ2) is 5.32. The average molecular weight is 281 g/mol. The summed E-state index contributed by atoms with van der Waals surface area (Å²) in [6.45, 7) is 0. The van der Waals surface area contributed by atoms with Gasteiger partial charge >= 0.3 is 6.18 Å². The molecule has 0 unspecified atom stereocenters. The van der Waals surface area contributed by atoms with E-state index >= 15 is 0 Å². The molecule has 0 saturated heterocycles. The average Bonchev–Trinajstić information content (AvgIpc) is 2.45. The zero-order valence-electron chi connectivity index (χ0n) is 10.4. The van der Waals surface area contributed by atoms with Crippen LogP contribution in [-0.2, 0) is 6.18 Å². The van der Waals surface area contributed by atoms with E-state index in [2.05, 4.69) is 4.98 Å². The second-order valence-electron chi connectivity index (χ2n) is 3.97. The maximum absolute atomic E-state index is 12.5. The van der Waals surface area contributed by atoms with Crippen molar-refractivity contribution in [2.75, 3.05) is 7.11 Å². The Morgan fingerprint density at radius 3 is 2.30 bits per heavy atom. The van der Waals surface area contributed by atoms with Gasteiger partial charge in [0.25, 0.3) is 0 Å². The van der Waals surface area contributed by atoms with Crippen LogP contribution in [0, 0.1) is 0 Å². The number of nitrogens with zero attached hydrogens (tertiary/aromatic N) is 1. The zero-order valence-corrected chi connectivity index (χ0v) is 10.4. The molecule has 1 aromatic heterocycles. The van der Waals surface area contributed by atoms with Crippen molar-refractivity contribution in [3.63, 3.8) is 0 Å². The highest BCUT2D eigenvalue weighted by Gasteiger charge is 2.30. The number of aldehydes is 1. The summed E-state index contributed by atoms with van der Waals surface area (Å²) < 4.78 is 42.5. The molecule has 3 nitrogen and oxygen atoms in total. The van der Waals surface area contributed by atoms with Crippen molar-refractivity contribution < 1.29 is 22.7 Å². The van der Waals surface area contributed by atoms with Crippen LogP contribution in [0.1, 0.15) is 15.9 Å². The lowest BCUT2D eigenvalue weighted by Gasteiger charge is -2.10. The monoisotopic (exact) mass is 281 g/mol. The maximum atomic E-state index is 12.5. The number of benzene rings is 1. The van der Waals surface area contributed by atoms with E-state index in [1.54, 1.807) is 6.07 Å². The molecule has 0 spiro atoms. The number of pyridine rings is 1. The third kappa shape index (κ3) is 2.64. The number of rotatable bonds is 3. The van der Waals surface area contributed by atoms with E-state index in [1.165, 1.54) is 25.4 Å². The molecule has 0 radical (unpaired) electrons. The van der Waals surface area contributed by atoms with Gasteiger partial charge in [-0.2, -0.15) is 13.2 Å². The van der Waals surface area contributed by atoms with Crippen LogP contribution in [0.4, 0.5) is 13.2 Å². The summed E-state index contributed by atoms with van der Waals surface area (Å²) in [5, 5.41) is 0. The van der Waals surface area contributed by atoms with Gasteiger partial charge in [-0.25, -0.2) is 4.98 Å². The van der Waals surface area contributed by atoms with E-state index in [0.29, 0.717) is 17.4 Å². The van der Waals surface area contributed by atoms with Gasteiger partial charge in [-0.05, 0) is 29.3 Å². The first-order valence-electron chi connectivity index (χ1n) is 5.63. The highest BCUT2D eigenvalue weighted by Crippen LogP contribution is 2.32. The summed E-state index contributed by atoms with van der Waals surface area (Å²) in [5.41, 5.74) is 0.422. The highest BCUT2D eigenvalue weighted by atomic mass is 19.4. The molecule has 0 amide bonds. The lowest BCUT2D eigenvalue weighted by atomic mass is 10.0. The largest absolute Gasteiger partial charge is 0.480 e. The minimum atomic E-state index is -4.39. The Labute approximate surface area is 113 Å². The molecule has 20 heavy (non-hydrogen) atoms. The molecule has 0 aliphatic rings. The summed E-state index contributed by atoms with van der Waals surface area (Å²) in [6, 6.07) is 6.11. The van der Waals surface area contributed by atoms with Crippen molar-refractivity contribution in [2.24, 2.45) is 0 Å². The third-order valence-corrected chi connectivity index (χ3v) is 2.79. The summed E-state index contributed by atoms with van der Waals surface area (Å²) in [7, 11) is 1.37. The van der Waals surface area contributed by atoms with E-state index in [-0.39, 0.29) is 11.4 Å². The van der Waals surface area contributed by atoms with Crippen LogP contribution in [0.25, 0.3) is 11.1 Å². The van der Waals surface area contributed by atoms with Gasteiger partial charge in [0.2, 0.25) is 5.88 Å². The van der Waals surface area contributed by atoms with Crippen LogP contribution < -0.4 is 4.74 Å². The van der Waals surface area contributed by atoms with Crippen molar-refractivity contribution in [1.82, 2.24) is 4.98 Å². The lowest BCUT2D eigenvalue weighted by molar-refractivity contribution is -0.137. The summed E-state index contributed by atoms with van der Waals surface area (Å²) in [4.78, 5) is 15.0. The van der Waals surface area contributed by atoms with Gasteiger partial charge in [0.15, 0.2) is 6.29 Å². The molecule has 1 aromatic carbocycles. The normalized spacial score (nSPS) is 11.2. The lowest BCUT2D eigenvalue weighted by Crippen LogP contribution is -2.04. The number of hydrogen-bond donors (Lipinski definition) is 0. The van der Waals surface area contributed by atoms with Gasteiger partial charge in [-0.3, -0.25) is 4.79 Å². The van der Waals surface area contributed by atoms with Crippen molar-refractivity contribution in [3.05, 3.63) is 47.7 Å². The Kier molecular flexibility index (Phi) is 3.74. The van der Waals surface area contributed by atoms with Crippen LogP contribution in [0.15, 0.2) is 36.5 Å². The van der Waals surface area contributed by atoms with Gasteiger partial charge < -0.3 is 4.74 Å². The number of aromatic nitrogens is 1. The van der Waals surface area contributed by atoms with E-state index in [9.17, 15) is 18.0 Å². The van der Waals surface area contributed by atoms with Gasteiger partial charge in [0, 0.05) is 6.20 Å². The molecule has 0 saturated carbocycles. The van der Waals surface area contributed by atoms with Crippen LogP contribution >= 0.6 is 0 Å². The zero-order chi connectivity index (χ0) is 14.8. The van der Waals surface area contributed by atoms with Crippen molar-refractivity contribution in [2.45, 2.75) is 6.18 Å². The van der Waals surface area contributed by atoms with Crippen molar-refractivity contribution in [3.8, 4) is 17.0 Å². The van der Waals surface area contributed by atoms with Gasteiger partial charge in [0.05, 0.1) is 18.2 Å². The van der Waals surface area contributed by atoms with E-state index in [0.717, 1.165) is 12.1 Å². The highest BCUT2D eigenvalue weighted by molar-refractivity contribution is 5.90. The topological polar surface area (TPSA) is 39.2 Å². The van der Waals surface area contributed by atoms with E-state index < -0.39 is 11.7 Å². The fourth-order valence-corrected chi connectivity index (χ4v) is 1.82. The van der Waals surface area contributed by atoms with Crippen molar-refractivity contribution >= 4 is 6.29 Å². The molecule has 0 atom stereocenters. The van der Waals surface area contributed by atoms with Gasteiger partial charge in [0.1, 0.15) is 0 Å². The Hall–Kier alpha value is -2.37. The van der Waals surface area contributed by atoms with Crippen molar-refractivity contribution in [1.29, 1.82) is 0 Å². The number of halogens is 3. The number of ether oxygens (including phenoxy) is 1. The summed E-state index contributed by atoms with van der Waals surface area (Å²) >= 11 is 0. The van der Waals surface area contributed by atoms with E-state index in [1.807, 2.05) is 0 Å². The predicted molar refractivity (Wildman–Crippen MR) is 66.6 cm³/mol. The number of carbonyl (C=O) groups is 1. The Morgan fingerprint density at radius 1 is 1.15 bits per heavy atom. The molecule has 104 valence electrons. The first kappa shape index (κ1) is 14.0. The number of alkyl halides is 3. The molecule has 2 aromatic rings. The molecule has 0 aliphatic heterocycles. The quantitative estimate of drug-likeness (QED) is 0.807. The predicted octanol–water partition coefficient (Wildman–Crippen LogP) is 3.59. The molecule has 1 heterocycles. The molecule has 2 rings (SSSR count). The molecule has 0 aliphatic carbocycles. The first-order chi connectivity index (χ1) is 9.47. The number of carbonyl (C=O) groups excluding carboxylic acids is 1. The van der Waals surface area contributed by atoms with Gasteiger partial charge in [-0.1, -0.05) is 12.1 Å².